The molecule has 2 nitrogen and oxygen atoms in total. The molecule has 0 amide bonds. The molecule has 0 heterocycles. The van der Waals surface area contributed by atoms with Crippen LogP contribution in [0.15, 0.2) is 78.9 Å². The van der Waals surface area contributed by atoms with E-state index in [4.69, 9.17) is 10.5 Å². The number of hydrogen-bond acceptors (Lipinski definition) is 2. The van der Waals surface area contributed by atoms with E-state index in [0.29, 0.717) is 12.3 Å². The predicted molar refractivity (Wildman–Crippen MR) is 87.1 cm³/mol. The van der Waals surface area contributed by atoms with Gasteiger partial charge in [0.05, 0.1) is 5.69 Å². The predicted octanol–water partition coefficient (Wildman–Crippen LogP) is 4.51. The molecular weight excluding hydrogens is 258 g/mol. The molecule has 0 aliphatic heterocycles. The van der Waals surface area contributed by atoms with E-state index in [-0.39, 0.29) is 0 Å². The molecule has 104 valence electrons. The van der Waals surface area contributed by atoms with Crippen molar-refractivity contribution in [2.45, 2.75) is 6.61 Å². The van der Waals surface area contributed by atoms with Gasteiger partial charge in [0.15, 0.2) is 0 Å². The Labute approximate surface area is 124 Å². The summed E-state index contributed by atoms with van der Waals surface area (Å²) in [6.45, 7) is 0.517. The molecule has 0 saturated carbocycles. The van der Waals surface area contributed by atoms with Crippen molar-refractivity contribution in [3.63, 3.8) is 0 Å². The fourth-order valence-corrected chi connectivity index (χ4v) is 2.20. The molecule has 0 aliphatic carbocycles. The normalized spacial score (nSPS) is 10.3. The SMILES string of the molecule is Nc1ccccc1OCc1ccc(-c2ccccc2)cc1. The van der Waals surface area contributed by atoms with E-state index in [1.54, 1.807) is 0 Å². The van der Waals surface area contributed by atoms with E-state index in [2.05, 4.69) is 36.4 Å². The topological polar surface area (TPSA) is 35.2 Å². The van der Waals surface area contributed by atoms with Crippen LogP contribution in [0.4, 0.5) is 5.69 Å². The first-order valence-corrected chi connectivity index (χ1v) is 6.94. The Morgan fingerprint density at radius 3 is 2.00 bits per heavy atom. The third-order valence-electron chi connectivity index (χ3n) is 3.37. The first kappa shape index (κ1) is 13.3. The van der Waals surface area contributed by atoms with E-state index in [1.807, 2.05) is 42.5 Å². The smallest absolute Gasteiger partial charge is 0.142 e. The number of hydrogen-bond donors (Lipinski definition) is 1. The van der Waals surface area contributed by atoms with Crippen LogP contribution in [0.1, 0.15) is 5.56 Å². The van der Waals surface area contributed by atoms with Crippen molar-refractivity contribution in [2.24, 2.45) is 0 Å². The lowest BCUT2D eigenvalue weighted by Crippen LogP contribution is -1.98. The van der Waals surface area contributed by atoms with Gasteiger partial charge in [-0.3, -0.25) is 0 Å². The maximum Gasteiger partial charge on any atom is 0.142 e. The summed E-state index contributed by atoms with van der Waals surface area (Å²) in [5.41, 5.74) is 10.1. The van der Waals surface area contributed by atoms with Crippen LogP contribution in [0.25, 0.3) is 11.1 Å². The Morgan fingerprint density at radius 1 is 0.667 bits per heavy atom. The van der Waals surface area contributed by atoms with Gasteiger partial charge in [0, 0.05) is 0 Å². The Morgan fingerprint density at radius 2 is 1.29 bits per heavy atom. The second kappa shape index (κ2) is 6.14. The molecule has 0 fully saturated rings. The van der Waals surface area contributed by atoms with Gasteiger partial charge in [0.2, 0.25) is 0 Å². The van der Waals surface area contributed by atoms with Crippen LogP contribution in [0.2, 0.25) is 0 Å². The van der Waals surface area contributed by atoms with Gasteiger partial charge >= 0.3 is 0 Å². The minimum absolute atomic E-state index is 0.517. The Balaban J connectivity index is 1.69. The van der Waals surface area contributed by atoms with Crippen LogP contribution in [0.3, 0.4) is 0 Å². The van der Waals surface area contributed by atoms with Gasteiger partial charge in [-0.25, -0.2) is 0 Å². The maximum absolute atomic E-state index is 5.86. The van der Waals surface area contributed by atoms with Crippen LogP contribution < -0.4 is 10.5 Å². The molecule has 0 saturated heterocycles. The third kappa shape index (κ3) is 3.23. The number of nitrogens with two attached hydrogens (primary N) is 1. The molecule has 3 rings (SSSR count). The first-order valence-electron chi connectivity index (χ1n) is 6.94. The summed E-state index contributed by atoms with van der Waals surface area (Å²) >= 11 is 0. The van der Waals surface area contributed by atoms with Crippen LogP contribution in [0, 0.1) is 0 Å². The fraction of sp³-hybridized carbons (Fsp3) is 0.0526. The summed E-state index contributed by atoms with van der Waals surface area (Å²) in [7, 11) is 0. The Hall–Kier alpha value is -2.74. The fourth-order valence-electron chi connectivity index (χ4n) is 2.20. The zero-order valence-corrected chi connectivity index (χ0v) is 11.7. The van der Waals surface area contributed by atoms with Gasteiger partial charge < -0.3 is 10.5 Å². The van der Waals surface area contributed by atoms with E-state index >= 15 is 0 Å². The van der Waals surface area contributed by atoms with Gasteiger partial charge in [-0.2, -0.15) is 0 Å². The standard InChI is InChI=1S/C19H17NO/c20-18-8-4-5-9-19(18)21-14-15-10-12-17(13-11-15)16-6-2-1-3-7-16/h1-13H,14,20H2. The molecule has 2 heteroatoms. The van der Waals surface area contributed by atoms with Crippen LogP contribution in [-0.2, 0) is 6.61 Å². The Kier molecular flexibility index (Phi) is 3.88. The highest BCUT2D eigenvalue weighted by Gasteiger charge is 2.01. The number of para-hydroxylation sites is 2. The van der Waals surface area contributed by atoms with Crippen LogP contribution in [0.5, 0.6) is 5.75 Å². The molecule has 0 atom stereocenters. The summed E-state index contributed by atoms with van der Waals surface area (Å²) in [4.78, 5) is 0. The van der Waals surface area contributed by atoms with Crippen molar-refractivity contribution < 1.29 is 4.74 Å². The molecule has 21 heavy (non-hydrogen) atoms. The van der Waals surface area contributed by atoms with E-state index in [1.165, 1.54) is 11.1 Å². The van der Waals surface area contributed by atoms with Crippen LogP contribution in [-0.4, -0.2) is 0 Å². The second-order valence-electron chi connectivity index (χ2n) is 4.89. The number of ether oxygens (including phenoxy) is 1. The minimum Gasteiger partial charge on any atom is -0.487 e. The van der Waals surface area contributed by atoms with Crippen molar-refractivity contribution in [3.05, 3.63) is 84.4 Å². The second-order valence-corrected chi connectivity index (χ2v) is 4.89. The number of nitrogen functional groups attached to an aromatic ring is 1. The van der Waals surface area contributed by atoms with Crippen molar-refractivity contribution in [1.82, 2.24) is 0 Å². The lowest BCUT2D eigenvalue weighted by atomic mass is 10.0. The van der Waals surface area contributed by atoms with Crippen molar-refractivity contribution >= 4 is 5.69 Å². The molecule has 3 aromatic rings. The third-order valence-corrected chi connectivity index (χ3v) is 3.37. The maximum atomic E-state index is 5.86. The molecule has 0 unspecified atom stereocenters. The van der Waals surface area contributed by atoms with Crippen molar-refractivity contribution in [2.75, 3.05) is 5.73 Å². The molecule has 0 spiro atoms. The van der Waals surface area contributed by atoms with Gasteiger partial charge in [-0.1, -0.05) is 66.7 Å². The van der Waals surface area contributed by atoms with Gasteiger partial charge in [-0.15, -0.1) is 0 Å². The number of anilines is 1. The zero-order valence-electron chi connectivity index (χ0n) is 11.7. The zero-order chi connectivity index (χ0) is 14.5. The van der Waals surface area contributed by atoms with E-state index < -0.39 is 0 Å². The van der Waals surface area contributed by atoms with Gasteiger partial charge in [-0.05, 0) is 28.8 Å². The molecular formula is C19H17NO. The lowest BCUT2D eigenvalue weighted by Gasteiger charge is -2.09. The molecule has 3 aromatic carbocycles. The highest BCUT2D eigenvalue weighted by atomic mass is 16.5. The average molecular weight is 275 g/mol. The highest BCUT2D eigenvalue weighted by molar-refractivity contribution is 5.63. The monoisotopic (exact) mass is 275 g/mol. The van der Waals surface area contributed by atoms with E-state index in [9.17, 15) is 0 Å². The van der Waals surface area contributed by atoms with Gasteiger partial charge in [0.25, 0.3) is 0 Å². The first-order chi connectivity index (χ1) is 10.3. The average Bonchev–Trinajstić information content (AvgIpc) is 2.55. The summed E-state index contributed by atoms with van der Waals surface area (Å²) < 4.78 is 5.74. The largest absolute Gasteiger partial charge is 0.487 e. The summed E-state index contributed by atoms with van der Waals surface area (Å²) in [5.74, 6) is 0.727. The molecule has 2 N–H and O–H groups in total. The Bertz CT molecular complexity index is 705. The van der Waals surface area contributed by atoms with Crippen LogP contribution >= 0.6 is 0 Å². The van der Waals surface area contributed by atoms with Gasteiger partial charge in [0.1, 0.15) is 12.4 Å². The van der Waals surface area contributed by atoms with Crippen molar-refractivity contribution in [3.8, 4) is 16.9 Å². The lowest BCUT2D eigenvalue weighted by molar-refractivity contribution is 0.308. The summed E-state index contributed by atoms with van der Waals surface area (Å²) in [6, 6.07) is 26.3. The molecule has 0 aliphatic rings. The number of benzene rings is 3. The molecule has 0 bridgehead atoms. The summed E-state index contributed by atoms with van der Waals surface area (Å²) in [5, 5.41) is 0. The minimum atomic E-state index is 0.517. The number of rotatable bonds is 4. The van der Waals surface area contributed by atoms with Crippen molar-refractivity contribution in [1.29, 1.82) is 0 Å². The highest BCUT2D eigenvalue weighted by Crippen LogP contribution is 2.22. The quantitative estimate of drug-likeness (QED) is 0.711. The van der Waals surface area contributed by atoms with E-state index in [0.717, 1.165) is 11.3 Å². The molecule has 0 radical (unpaired) electrons. The molecule has 0 aromatic heterocycles. The summed E-state index contributed by atoms with van der Waals surface area (Å²) in [6.07, 6.45) is 0.